The van der Waals surface area contributed by atoms with Crippen LogP contribution in [0.5, 0.6) is 5.75 Å². The van der Waals surface area contributed by atoms with Gasteiger partial charge in [-0.3, -0.25) is 0 Å². The SMILES string of the molecule is COc1cc(N(CCCN)CC(c2ccc(Cl)cc2)c2ccc(Cl)cc2)nc2ccccc12. The second-order valence-corrected chi connectivity index (χ2v) is 8.82. The molecule has 0 aliphatic carbocycles. The molecule has 0 aliphatic rings. The monoisotopic (exact) mass is 479 g/mol. The normalized spacial score (nSPS) is 11.2. The average molecular weight is 480 g/mol. The molecule has 0 atom stereocenters. The van der Waals surface area contributed by atoms with Crippen molar-refractivity contribution < 1.29 is 4.74 Å². The standard InChI is InChI=1S/C27H27Cl2N3O/c1-33-26-17-27(31-25-6-3-2-5-23(25)26)32(16-4-15-30)18-24(19-7-11-21(28)12-8-19)20-9-13-22(29)14-10-20/h2-3,5-14,17,24H,4,15-16,18,30H2,1H3. The lowest BCUT2D eigenvalue weighted by molar-refractivity contribution is 0.419. The van der Waals surface area contributed by atoms with Gasteiger partial charge in [-0.1, -0.05) is 59.6 Å². The number of methoxy groups -OCH3 is 1. The van der Waals surface area contributed by atoms with Crippen LogP contribution in [-0.2, 0) is 0 Å². The molecule has 4 rings (SSSR count). The Morgan fingerprint density at radius 3 is 2.09 bits per heavy atom. The Labute approximate surface area is 204 Å². The Kier molecular flexibility index (Phi) is 7.71. The van der Waals surface area contributed by atoms with E-state index in [1.807, 2.05) is 54.6 Å². The van der Waals surface area contributed by atoms with Crippen LogP contribution in [0.3, 0.4) is 0 Å². The first kappa shape index (κ1) is 23.4. The number of fused-ring (bicyclic) bond motifs is 1. The molecule has 0 bridgehead atoms. The van der Waals surface area contributed by atoms with Crippen LogP contribution >= 0.6 is 23.2 Å². The van der Waals surface area contributed by atoms with E-state index in [9.17, 15) is 0 Å². The lowest BCUT2D eigenvalue weighted by atomic mass is 9.90. The molecule has 0 amide bonds. The van der Waals surface area contributed by atoms with Gasteiger partial charge in [-0.15, -0.1) is 0 Å². The smallest absolute Gasteiger partial charge is 0.133 e. The van der Waals surface area contributed by atoms with Crippen LogP contribution in [0.2, 0.25) is 10.0 Å². The van der Waals surface area contributed by atoms with E-state index in [0.29, 0.717) is 6.54 Å². The highest BCUT2D eigenvalue weighted by Crippen LogP contribution is 2.33. The summed E-state index contributed by atoms with van der Waals surface area (Å²) in [7, 11) is 1.69. The van der Waals surface area contributed by atoms with Crippen molar-refractivity contribution in [3.63, 3.8) is 0 Å². The van der Waals surface area contributed by atoms with Gasteiger partial charge in [0.15, 0.2) is 0 Å². The minimum Gasteiger partial charge on any atom is -0.496 e. The third-order valence-corrected chi connectivity index (χ3v) is 6.29. The second kappa shape index (κ2) is 10.9. The summed E-state index contributed by atoms with van der Waals surface area (Å²) >= 11 is 12.4. The van der Waals surface area contributed by atoms with E-state index in [1.54, 1.807) is 7.11 Å². The maximum absolute atomic E-state index is 6.18. The number of para-hydroxylation sites is 1. The Balaban J connectivity index is 1.77. The van der Waals surface area contributed by atoms with Crippen molar-refractivity contribution >= 4 is 39.9 Å². The van der Waals surface area contributed by atoms with Gasteiger partial charge in [-0.25, -0.2) is 4.98 Å². The van der Waals surface area contributed by atoms with Crippen molar-refractivity contribution in [3.8, 4) is 5.75 Å². The number of hydrogen-bond acceptors (Lipinski definition) is 4. The third-order valence-electron chi connectivity index (χ3n) is 5.79. The molecule has 33 heavy (non-hydrogen) atoms. The van der Waals surface area contributed by atoms with Gasteiger partial charge in [0.05, 0.1) is 12.6 Å². The van der Waals surface area contributed by atoms with Crippen molar-refractivity contribution in [2.45, 2.75) is 12.3 Å². The zero-order valence-corrected chi connectivity index (χ0v) is 20.1. The van der Waals surface area contributed by atoms with Crippen LogP contribution in [0.4, 0.5) is 5.82 Å². The summed E-state index contributed by atoms with van der Waals surface area (Å²) in [5, 5.41) is 2.43. The number of ether oxygens (including phenoxy) is 1. The van der Waals surface area contributed by atoms with E-state index >= 15 is 0 Å². The predicted molar refractivity (Wildman–Crippen MR) is 139 cm³/mol. The number of benzene rings is 3. The Morgan fingerprint density at radius 2 is 1.52 bits per heavy atom. The quantitative estimate of drug-likeness (QED) is 0.296. The summed E-state index contributed by atoms with van der Waals surface area (Å²) in [6.45, 7) is 2.11. The molecule has 0 unspecified atom stereocenters. The molecule has 3 aromatic carbocycles. The van der Waals surface area contributed by atoms with E-state index in [2.05, 4.69) is 29.2 Å². The highest BCUT2D eigenvalue weighted by molar-refractivity contribution is 6.30. The number of nitrogens with two attached hydrogens (primary N) is 1. The molecule has 0 radical (unpaired) electrons. The van der Waals surface area contributed by atoms with E-state index in [-0.39, 0.29) is 5.92 Å². The van der Waals surface area contributed by atoms with E-state index < -0.39 is 0 Å². The molecule has 2 N–H and O–H groups in total. The molecule has 1 aromatic heterocycles. The summed E-state index contributed by atoms with van der Waals surface area (Å²) in [4.78, 5) is 7.26. The first-order valence-corrected chi connectivity index (χ1v) is 11.7. The first-order valence-electron chi connectivity index (χ1n) is 11.0. The van der Waals surface area contributed by atoms with Crippen molar-refractivity contribution in [3.05, 3.63) is 100 Å². The van der Waals surface area contributed by atoms with Gasteiger partial charge in [0.25, 0.3) is 0 Å². The molecule has 0 saturated carbocycles. The van der Waals surface area contributed by atoms with Crippen molar-refractivity contribution in [1.82, 2.24) is 4.98 Å². The Bertz CT molecular complexity index is 1150. The first-order chi connectivity index (χ1) is 16.1. The number of hydrogen-bond donors (Lipinski definition) is 1. The van der Waals surface area contributed by atoms with Gasteiger partial charge in [-0.05, 0) is 60.5 Å². The van der Waals surface area contributed by atoms with Crippen LogP contribution in [0.15, 0.2) is 78.9 Å². The average Bonchev–Trinajstić information content (AvgIpc) is 2.85. The number of halogens is 2. The van der Waals surface area contributed by atoms with Gasteiger partial charge in [0, 0.05) is 40.5 Å². The fourth-order valence-corrected chi connectivity index (χ4v) is 4.31. The number of pyridine rings is 1. The number of nitrogens with zero attached hydrogens (tertiary/aromatic N) is 2. The minimum absolute atomic E-state index is 0.0940. The van der Waals surface area contributed by atoms with Gasteiger partial charge in [0.2, 0.25) is 0 Å². The van der Waals surface area contributed by atoms with Crippen LogP contribution in [-0.4, -0.2) is 31.7 Å². The van der Waals surface area contributed by atoms with Crippen LogP contribution < -0.4 is 15.4 Å². The minimum atomic E-state index is 0.0940. The van der Waals surface area contributed by atoms with Gasteiger partial charge in [-0.2, -0.15) is 0 Å². The topological polar surface area (TPSA) is 51.4 Å². The molecule has 0 fully saturated rings. The van der Waals surface area contributed by atoms with Gasteiger partial charge >= 0.3 is 0 Å². The van der Waals surface area contributed by atoms with E-state index in [0.717, 1.165) is 52.0 Å². The lowest BCUT2D eigenvalue weighted by Gasteiger charge is -2.30. The highest BCUT2D eigenvalue weighted by atomic mass is 35.5. The molecule has 0 saturated heterocycles. The van der Waals surface area contributed by atoms with E-state index in [4.69, 9.17) is 38.7 Å². The molecule has 1 heterocycles. The molecule has 0 spiro atoms. The molecular formula is C27H27Cl2N3O. The number of aromatic nitrogens is 1. The summed E-state index contributed by atoms with van der Waals surface area (Å²) in [6, 6.07) is 26.1. The van der Waals surface area contributed by atoms with Crippen LogP contribution in [0.25, 0.3) is 10.9 Å². The molecule has 0 aliphatic heterocycles. The maximum Gasteiger partial charge on any atom is 0.133 e. The fourth-order valence-electron chi connectivity index (χ4n) is 4.06. The molecular weight excluding hydrogens is 453 g/mol. The summed E-state index contributed by atoms with van der Waals surface area (Å²) in [5.74, 6) is 1.77. The van der Waals surface area contributed by atoms with Gasteiger partial charge in [0.1, 0.15) is 11.6 Å². The Morgan fingerprint density at radius 1 is 0.909 bits per heavy atom. The highest BCUT2D eigenvalue weighted by Gasteiger charge is 2.21. The zero-order valence-electron chi connectivity index (χ0n) is 18.5. The van der Waals surface area contributed by atoms with E-state index in [1.165, 1.54) is 11.1 Å². The molecule has 4 nitrogen and oxygen atoms in total. The van der Waals surface area contributed by atoms with Crippen LogP contribution in [0.1, 0.15) is 23.5 Å². The summed E-state index contributed by atoms with van der Waals surface area (Å²) in [5.41, 5.74) is 9.14. The fraction of sp³-hybridized carbons (Fsp3) is 0.222. The van der Waals surface area contributed by atoms with Gasteiger partial charge < -0.3 is 15.4 Å². The second-order valence-electron chi connectivity index (χ2n) is 7.94. The maximum atomic E-state index is 6.18. The largest absolute Gasteiger partial charge is 0.496 e. The van der Waals surface area contributed by atoms with Crippen LogP contribution in [0, 0.1) is 0 Å². The lowest BCUT2D eigenvalue weighted by Crippen LogP contribution is -2.32. The summed E-state index contributed by atoms with van der Waals surface area (Å²) < 4.78 is 5.70. The number of anilines is 1. The predicted octanol–water partition coefficient (Wildman–Crippen LogP) is 6.54. The van der Waals surface area contributed by atoms with Crippen molar-refractivity contribution in [2.24, 2.45) is 5.73 Å². The van der Waals surface area contributed by atoms with Crippen molar-refractivity contribution in [1.29, 1.82) is 0 Å². The third kappa shape index (κ3) is 5.59. The summed E-state index contributed by atoms with van der Waals surface area (Å²) in [6.07, 6.45) is 0.852. The molecule has 4 aromatic rings. The van der Waals surface area contributed by atoms with Crippen molar-refractivity contribution in [2.75, 3.05) is 31.6 Å². The Hall–Kier alpha value is -2.79. The molecule has 170 valence electrons. The zero-order chi connectivity index (χ0) is 23.2. The molecule has 6 heteroatoms. The number of rotatable bonds is 9.